The average Bonchev–Trinajstić information content (AvgIpc) is 3.32. The highest BCUT2D eigenvalue weighted by Crippen LogP contribution is 2.20. The zero-order valence-corrected chi connectivity index (χ0v) is 19.5. The number of hydrogen-bond acceptors (Lipinski definition) is 7. The fraction of sp³-hybridized carbons (Fsp3) is 0.250. The molecule has 1 amide bonds. The molecule has 0 bridgehead atoms. The van der Waals surface area contributed by atoms with Crippen molar-refractivity contribution < 1.29 is 13.2 Å². The Morgan fingerprint density at radius 1 is 0.971 bits per heavy atom. The Hall–Kier alpha value is -3.79. The van der Waals surface area contributed by atoms with Crippen molar-refractivity contribution >= 4 is 27.3 Å². The van der Waals surface area contributed by atoms with Crippen molar-refractivity contribution in [2.24, 2.45) is 0 Å². The molecule has 3 heterocycles. The summed E-state index contributed by atoms with van der Waals surface area (Å²) in [5.74, 6) is 1.20. The van der Waals surface area contributed by atoms with Gasteiger partial charge in [0.15, 0.2) is 9.84 Å². The van der Waals surface area contributed by atoms with Gasteiger partial charge < -0.3 is 9.80 Å². The van der Waals surface area contributed by atoms with Crippen molar-refractivity contribution in [3.63, 3.8) is 0 Å². The predicted molar refractivity (Wildman–Crippen MR) is 127 cm³/mol. The number of aryl methyl sites for hydroxylation is 1. The monoisotopic (exact) mass is 476 g/mol. The van der Waals surface area contributed by atoms with Gasteiger partial charge in [0.2, 0.25) is 0 Å². The molecule has 0 saturated carbocycles. The normalized spacial score (nSPS) is 14.5. The third-order valence-corrected chi connectivity index (χ3v) is 7.59. The highest BCUT2D eigenvalue weighted by Gasteiger charge is 2.25. The number of carbonyl (C=O) groups excluding carboxylic acids is 1. The first-order chi connectivity index (χ1) is 16.4. The molecule has 1 aliphatic heterocycles. The van der Waals surface area contributed by atoms with E-state index in [0.717, 1.165) is 11.5 Å². The molecule has 9 nitrogen and oxygen atoms in total. The lowest BCUT2D eigenvalue weighted by molar-refractivity contribution is 0.0746. The first-order valence-corrected chi connectivity index (χ1v) is 12.6. The summed E-state index contributed by atoms with van der Waals surface area (Å²) in [5.41, 5.74) is 1.94. The molecular formula is C24H24N6O3S. The Morgan fingerprint density at radius 3 is 2.50 bits per heavy atom. The highest BCUT2D eigenvalue weighted by molar-refractivity contribution is 7.90. The Kier molecular flexibility index (Phi) is 5.74. The molecule has 4 aromatic rings. The van der Waals surface area contributed by atoms with Crippen LogP contribution in [0, 0.1) is 6.92 Å². The van der Waals surface area contributed by atoms with Gasteiger partial charge in [-0.15, -0.1) is 0 Å². The summed E-state index contributed by atoms with van der Waals surface area (Å²) in [6, 6.07) is 17.2. The van der Waals surface area contributed by atoms with Crippen LogP contribution in [-0.2, 0) is 15.6 Å². The molecule has 5 rings (SSSR count). The van der Waals surface area contributed by atoms with Crippen molar-refractivity contribution in [1.82, 2.24) is 24.5 Å². The van der Waals surface area contributed by atoms with Crippen LogP contribution in [0.3, 0.4) is 0 Å². The number of aromatic nitrogens is 4. The number of nitrogens with zero attached hydrogens (tertiary/aromatic N) is 6. The van der Waals surface area contributed by atoms with Crippen molar-refractivity contribution in [1.29, 1.82) is 0 Å². The molecule has 0 atom stereocenters. The van der Waals surface area contributed by atoms with Gasteiger partial charge in [0.1, 0.15) is 12.1 Å². The number of carbonyl (C=O) groups is 1. The van der Waals surface area contributed by atoms with Gasteiger partial charge in [-0.05, 0) is 36.8 Å². The molecule has 0 radical (unpaired) electrons. The second-order valence-corrected chi connectivity index (χ2v) is 10.3. The van der Waals surface area contributed by atoms with Gasteiger partial charge in [-0.2, -0.15) is 14.6 Å². The van der Waals surface area contributed by atoms with E-state index in [1.54, 1.807) is 64.0 Å². The second kappa shape index (κ2) is 8.86. The zero-order chi connectivity index (χ0) is 23.7. The lowest BCUT2D eigenvalue weighted by Crippen LogP contribution is -2.49. The van der Waals surface area contributed by atoms with E-state index < -0.39 is 9.84 Å². The van der Waals surface area contributed by atoms with Crippen LogP contribution in [0.2, 0.25) is 0 Å². The topological polar surface area (TPSA) is 101 Å². The number of benzene rings is 2. The van der Waals surface area contributed by atoms with Gasteiger partial charge >= 0.3 is 0 Å². The number of fused-ring (bicyclic) bond motifs is 1. The molecule has 34 heavy (non-hydrogen) atoms. The maximum atomic E-state index is 13.2. The number of rotatable bonds is 5. The van der Waals surface area contributed by atoms with Gasteiger partial charge in [-0.1, -0.05) is 30.3 Å². The van der Waals surface area contributed by atoms with E-state index in [1.165, 1.54) is 6.33 Å². The second-order valence-electron chi connectivity index (χ2n) is 8.28. The van der Waals surface area contributed by atoms with Gasteiger partial charge in [0.05, 0.1) is 10.6 Å². The predicted octanol–water partition coefficient (Wildman–Crippen LogP) is 2.37. The Balaban J connectivity index is 1.28. The molecule has 2 aromatic carbocycles. The van der Waals surface area contributed by atoms with E-state index >= 15 is 0 Å². The van der Waals surface area contributed by atoms with Crippen molar-refractivity contribution in [3.8, 4) is 0 Å². The SMILES string of the molecule is Cc1cc(N2CCN(C(=O)c3cccc(CS(=O)(=O)c4ccccc4)c3)CC2)n2ncnc2n1. The summed E-state index contributed by atoms with van der Waals surface area (Å²) in [7, 11) is -3.49. The summed E-state index contributed by atoms with van der Waals surface area (Å²) < 4.78 is 27.2. The first-order valence-electron chi connectivity index (χ1n) is 11.0. The fourth-order valence-corrected chi connectivity index (χ4v) is 5.54. The third-order valence-electron chi connectivity index (χ3n) is 5.88. The van der Waals surface area contributed by atoms with Crippen LogP contribution in [-0.4, -0.2) is 65.0 Å². The van der Waals surface area contributed by atoms with Crippen LogP contribution in [0.5, 0.6) is 0 Å². The van der Waals surface area contributed by atoms with Crippen molar-refractivity contribution in [2.75, 3.05) is 31.1 Å². The summed E-state index contributed by atoms with van der Waals surface area (Å²) in [4.78, 5) is 26.0. The van der Waals surface area contributed by atoms with Crippen LogP contribution >= 0.6 is 0 Å². The maximum Gasteiger partial charge on any atom is 0.254 e. The number of sulfone groups is 1. The molecule has 1 aliphatic rings. The minimum absolute atomic E-state index is 0.101. The van der Waals surface area contributed by atoms with E-state index in [9.17, 15) is 13.2 Å². The Labute approximate surface area is 197 Å². The van der Waals surface area contributed by atoms with Crippen LogP contribution in [0.4, 0.5) is 5.82 Å². The van der Waals surface area contributed by atoms with Crippen LogP contribution < -0.4 is 4.90 Å². The molecule has 0 N–H and O–H groups in total. The van der Waals surface area contributed by atoms with E-state index in [1.807, 2.05) is 13.0 Å². The highest BCUT2D eigenvalue weighted by atomic mass is 32.2. The molecular weight excluding hydrogens is 452 g/mol. The van der Waals surface area contributed by atoms with E-state index in [0.29, 0.717) is 43.1 Å². The largest absolute Gasteiger partial charge is 0.353 e. The third kappa shape index (κ3) is 4.36. The molecule has 0 unspecified atom stereocenters. The molecule has 174 valence electrons. The van der Waals surface area contributed by atoms with Gasteiger partial charge in [0.25, 0.3) is 11.7 Å². The zero-order valence-electron chi connectivity index (χ0n) is 18.7. The molecule has 1 fully saturated rings. The minimum Gasteiger partial charge on any atom is -0.353 e. The molecule has 2 aromatic heterocycles. The fourth-order valence-electron chi connectivity index (χ4n) is 4.18. The summed E-state index contributed by atoms with van der Waals surface area (Å²) in [6.07, 6.45) is 1.48. The smallest absolute Gasteiger partial charge is 0.254 e. The van der Waals surface area contributed by atoms with Gasteiger partial charge in [0, 0.05) is 43.5 Å². The molecule has 1 saturated heterocycles. The lowest BCUT2D eigenvalue weighted by Gasteiger charge is -2.36. The summed E-state index contributed by atoms with van der Waals surface area (Å²) >= 11 is 0. The van der Waals surface area contributed by atoms with Gasteiger partial charge in [-0.25, -0.2) is 13.4 Å². The van der Waals surface area contributed by atoms with Crippen molar-refractivity contribution in [2.45, 2.75) is 17.6 Å². The summed E-state index contributed by atoms with van der Waals surface area (Å²) in [5, 5.41) is 4.27. The number of amides is 1. The average molecular weight is 477 g/mol. The number of piperazine rings is 1. The minimum atomic E-state index is -3.49. The maximum absolute atomic E-state index is 13.2. The number of hydrogen-bond donors (Lipinski definition) is 0. The Morgan fingerprint density at radius 2 is 1.74 bits per heavy atom. The van der Waals surface area contributed by atoms with E-state index in [2.05, 4.69) is 20.0 Å². The molecule has 0 aliphatic carbocycles. The lowest BCUT2D eigenvalue weighted by atomic mass is 10.1. The van der Waals surface area contributed by atoms with Gasteiger partial charge in [-0.3, -0.25) is 4.79 Å². The summed E-state index contributed by atoms with van der Waals surface area (Å²) in [6.45, 7) is 4.30. The molecule has 10 heteroatoms. The van der Waals surface area contributed by atoms with E-state index in [-0.39, 0.29) is 16.6 Å². The number of anilines is 1. The van der Waals surface area contributed by atoms with Crippen molar-refractivity contribution in [3.05, 3.63) is 83.8 Å². The Bertz CT molecular complexity index is 1440. The van der Waals surface area contributed by atoms with Crippen LogP contribution in [0.1, 0.15) is 21.6 Å². The quantitative estimate of drug-likeness (QED) is 0.436. The van der Waals surface area contributed by atoms with E-state index in [4.69, 9.17) is 0 Å². The first kappa shape index (κ1) is 22.0. The van der Waals surface area contributed by atoms with Crippen LogP contribution in [0.25, 0.3) is 5.78 Å². The molecule has 0 spiro atoms. The van der Waals surface area contributed by atoms with Crippen LogP contribution in [0.15, 0.2) is 71.9 Å². The standard InChI is InChI=1S/C24H24N6O3S/c1-18-14-22(30-24(27-18)25-17-26-30)28-10-12-29(13-11-28)23(31)20-7-5-6-19(15-20)16-34(32,33)21-8-3-2-4-9-21/h2-9,14-15,17H,10-13,16H2,1H3.